The van der Waals surface area contributed by atoms with Crippen LogP contribution in [0.4, 0.5) is 11.4 Å². The number of non-ortho nitro benzene ring substituents is 1. The summed E-state index contributed by atoms with van der Waals surface area (Å²) in [5.41, 5.74) is 6.50. The average Bonchev–Trinajstić information content (AvgIpc) is 3.32. The summed E-state index contributed by atoms with van der Waals surface area (Å²) in [5.74, 6) is 2.38. The molecule has 1 saturated heterocycles. The first-order valence-electron chi connectivity index (χ1n) is 10.7. The molecular formula is C21H30N4O4S. The van der Waals surface area contributed by atoms with Crippen molar-refractivity contribution < 1.29 is 14.5 Å². The average molecular weight is 435 g/mol. The molecule has 3 aliphatic rings. The van der Waals surface area contributed by atoms with Gasteiger partial charge in [0.05, 0.1) is 23.3 Å². The van der Waals surface area contributed by atoms with Crippen LogP contribution in [0.5, 0.6) is 5.75 Å². The predicted octanol–water partition coefficient (Wildman–Crippen LogP) is 2.36. The van der Waals surface area contributed by atoms with Gasteiger partial charge in [-0.25, -0.2) is 0 Å². The number of primary amides is 1. The number of carbonyl (C=O) groups excluding carboxylic acids is 1. The molecule has 1 amide bonds. The molecule has 0 spiro atoms. The molecule has 3 fully saturated rings. The number of carbonyl (C=O) groups is 1. The summed E-state index contributed by atoms with van der Waals surface area (Å²) in [6.45, 7) is 4.20. The number of rotatable bonds is 8. The Labute approximate surface area is 181 Å². The molecule has 2 saturated carbocycles. The molecule has 0 unspecified atom stereocenters. The molecule has 2 aliphatic carbocycles. The standard InChI is InChI=1S/C21H30N4O4S/c1-23-4-6-24(7-5-23)18-3-2-16(25(27)28)13-19(18)29-8-9-30-20-12-14-10-15(20)11-17(14)21(22)26/h2-3,13-15,17,20H,4-12H2,1H3,(H2,22,26)/t14-,15-,17+,20+/m0/s1. The van der Waals surface area contributed by atoms with Gasteiger partial charge in [-0.3, -0.25) is 14.9 Å². The van der Waals surface area contributed by atoms with Crippen LogP contribution >= 0.6 is 11.8 Å². The topological polar surface area (TPSA) is 102 Å². The number of benzene rings is 1. The normalized spacial score (nSPS) is 28.6. The van der Waals surface area contributed by atoms with E-state index in [-0.39, 0.29) is 22.4 Å². The van der Waals surface area contributed by atoms with Crippen molar-refractivity contribution in [3.05, 3.63) is 28.3 Å². The second-order valence-corrected chi connectivity index (χ2v) is 10.0. The van der Waals surface area contributed by atoms with Crippen molar-refractivity contribution in [2.75, 3.05) is 50.5 Å². The molecule has 1 heterocycles. The Balaban J connectivity index is 1.33. The van der Waals surface area contributed by atoms with Gasteiger partial charge in [0.1, 0.15) is 5.75 Å². The second kappa shape index (κ2) is 9.01. The molecule has 0 radical (unpaired) electrons. The monoisotopic (exact) mass is 434 g/mol. The minimum Gasteiger partial charge on any atom is -0.490 e. The quantitative estimate of drug-likeness (QED) is 0.381. The number of hydrogen-bond acceptors (Lipinski definition) is 7. The summed E-state index contributed by atoms with van der Waals surface area (Å²) >= 11 is 1.90. The van der Waals surface area contributed by atoms with Crippen molar-refractivity contribution in [1.29, 1.82) is 0 Å². The minimum atomic E-state index is -0.375. The van der Waals surface area contributed by atoms with Crippen LogP contribution in [-0.4, -0.2) is 66.6 Å². The van der Waals surface area contributed by atoms with Gasteiger partial charge in [0.25, 0.3) is 5.69 Å². The van der Waals surface area contributed by atoms with E-state index in [1.54, 1.807) is 12.1 Å². The molecular weight excluding hydrogens is 404 g/mol. The molecule has 9 heteroatoms. The van der Waals surface area contributed by atoms with E-state index in [0.717, 1.165) is 56.9 Å². The Kier molecular flexibility index (Phi) is 6.38. The fourth-order valence-electron chi connectivity index (χ4n) is 5.17. The summed E-state index contributed by atoms with van der Waals surface area (Å²) in [5, 5.41) is 11.8. The van der Waals surface area contributed by atoms with E-state index in [1.807, 2.05) is 17.8 Å². The summed E-state index contributed by atoms with van der Waals surface area (Å²) < 4.78 is 6.05. The number of ether oxygens (including phenoxy) is 1. The minimum absolute atomic E-state index is 0.0566. The largest absolute Gasteiger partial charge is 0.490 e. The van der Waals surface area contributed by atoms with Crippen LogP contribution in [0.3, 0.4) is 0 Å². The van der Waals surface area contributed by atoms with Gasteiger partial charge in [-0.05, 0) is 44.2 Å². The second-order valence-electron chi connectivity index (χ2n) is 8.69. The first-order chi connectivity index (χ1) is 14.4. The Morgan fingerprint density at radius 2 is 2.00 bits per heavy atom. The lowest BCUT2D eigenvalue weighted by atomic mass is 9.88. The van der Waals surface area contributed by atoms with Crippen LogP contribution in [0.1, 0.15) is 19.3 Å². The maximum absolute atomic E-state index is 11.5. The molecule has 1 aromatic carbocycles. The molecule has 164 valence electrons. The summed E-state index contributed by atoms with van der Waals surface area (Å²) in [4.78, 5) is 26.9. The highest BCUT2D eigenvalue weighted by molar-refractivity contribution is 7.99. The highest BCUT2D eigenvalue weighted by Crippen LogP contribution is 2.52. The van der Waals surface area contributed by atoms with Gasteiger partial charge in [0.15, 0.2) is 0 Å². The first kappa shape index (κ1) is 21.2. The van der Waals surface area contributed by atoms with E-state index in [1.165, 1.54) is 0 Å². The van der Waals surface area contributed by atoms with E-state index < -0.39 is 0 Å². The summed E-state index contributed by atoms with van der Waals surface area (Å²) in [7, 11) is 2.10. The molecule has 0 aromatic heterocycles. The number of nitrogens with zero attached hydrogens (tertiary/aromatic N) is 3. The zero-order valence-electron chi connectivity index (χ0n) is 17.4. The van der Waals surface area contributed by atoms with Gasteiger partial charge < -0.3 is 20.3 Å². The van der Waals surface area contributed by atoms with Gasteiger partial charge in [-0.1, -0.05) is 0 Å². The van der Waals surface area contributed by atoms with E-state index in [2.05, 4.69) is 16.8 Å². The number of nitro groups is 1. The Hall–Kier alpha value is -2.00. The lowest BCUT2D eigenvalue weighted by molar-refractivity contribution is -0.384. The molecule has 2 N–H and O–H groups in total. The third-order valence-electron chi connectivity index (χ3n) is 6.83. The number of nitro benzene ring substituents is 1. The fraction of sp³-hybridized carbons (Fsp3) is 0.667. The number of hydrogen-bond donors (Lipinski definition) is 1. The van der Waals surface area contributed by atoms with Crippen LogP contribution in [0.25, 0.3) is 0 Å². The molecule has 1 aliphatic heterocycles. The molecule has 4 rings (SSSR count). The number of thioether (sulfide) groups is 1. The van der Waals surface area contributed by atoms with E-state index in [0.29, 0.717) is 29.4 Å². The van der Waals surface area contributed by atoms with Crippen LogP contribution in [0.2, 0.25) is 0 Å². The lowest BCUT2D eigenvalue weighted by Crippen LogP contribution is -2.44. The molecule has 8 nitrogen and oxygen atoms in total. The van der Waals surface area contributed by atoms with Crippen molar-refractivity contribution in [3.8, 4) is 5.75 Å². The van der Waals surface area contributed by atoms with Crippen molar-refractivity contribution in [2.24, 2.45) is 23.5 Å². The van der Waals surface area contributed by atoms with E-state index in [4.69, 9.17) is 10.5 Å². The van der Waals surface area contributed by atoms with Gasteiger partial charge >= 0.3 is 0 Å². The molecule has 2 bridgehead atoms. The highest BCUT2D eigenvalue weighted by atomic mass is 32.2. The number of likely N-dealkylation sites (N-methyl/N-ethyl adjacent to an activating group) is 1. The summed E-state index contributed by atoms with van der Waals surface area (Å²) in [6.07, 6.45) is 3.10. The first-order valence-corrected chi connectivity index (χ1v) is 11.7. The molecule has 1 aromatic rings. The fourth-order valence-corrected chi connectivity index (χ4v) is 6.53. The Bertz CT molecular complexity index is 799. The van der Waals surface area contributed by atoms with Crippen molar-refractivity contribution in [2.45, 2.75) is 24.5 Å². The number of amides is 1. The molecule has 4 atom stereocenters. The Morgan fingerprint density at radius 3 is 2.63 bits per heavy atom. The van der Waals surface area contributed by atoms with Crippen LogP contribution < -0.4 is 15.4 Å². The number of fused-ring (bicyclic) bond motifs is 2. The predicted molar refractivity (Wildman–Crippen MR) is 118 cm³/mol. The maximum Gasteiger partial charge on any atom is 0.273 e. The zero-order chi connectivity index (χ0) is 21.3. The van der Waals surface area contributed by atoms with E-state index >= 15 is 0 Å². The van der Waals surface area contributed by atoms with Crippen molar-refractivity contribution in [1.82, 2.24) is 4.90 Å². The third-order valence-corrected chi connectivity index (χ3v) is 8.24. The van der Waals surface area contributed by atoms with Gasteiger partial charge in [-0.15, -0.1) is 0 Å². The smallest absolute Gasteiger partial charge is 0.273 e. The maximum atomic E-state index is 11.5. The van der Waals surface area contributed by atoms with Crippen molar-refractivity contribution >= 4 is 29.0 Å². The van der Waals surface area contributed by atoms with Crippen LogP contribution in [-0.2, 0) is 4.79 Å². The van der Waals surface area contributed by atoms with E-state index in [9.17, 15) is 14.9 Å². The van der Waals surface area contributed by atoms with Crippen molar-refractivity contribution in [3.63, 3.8) is 0 Å². The molecule has 30 heavy (non-hydrogen) atoms. The van der Waals surface area contributed by atoms with Crippen LogP contribution in [0.15, 0.2) is 18.2 Å². The summed E-state index contributed by atoms with van der Waals surface area (Å²) in [6, 6.07) is 4.92. The SMILES string of the molecule is CN1CCN(c2ccc([N+](=O)[O-])cc2OCCS[C@@H]2C[C@@H]3C[C@H]2C[C@H]3C(N)=O)CC1. The number of anilines is 1. The van der Waals surface area contributed by atoms with Gasteiger partial charge in [0.2, 0.25) is 5.91 Å². The van der Waals surface area contributed by atoms with Gasteiger partial charge in [-0.2, -0.15) is 11.8 Å². The highest BCUT2D eigenvalue weighted by Gasteiger charge is 2.47. The lowest BCUT2D eigenvalue weighted by Gasteiger charge is -2.34. The van der Waals surface area contributed by atoms with Gasteiger partial charge in [0, 0.05) is 49.2 Å². The number of nitrogens with two attached hydrogens (primary N) is 1. The number of piperazine rings is 1. The Morgan fingerprint density at radius 1 is 1.23 bits per heavy atom. The van der Waals surface area contributed by atoms with Crippen LogP contribution in [0, 0.1) is 27.9 Å². The zero-order valence-corrected chi connectivity index (χ0v) is 18.2. The third kappa shape index (κ3) is 4.51.